The van der Waals surface area contributed by atoms with Crippen molar-refractivity contribution in [1.29, 1.82) is 0 Å². The van der Waals surface area contributed by atoms with Crippen molar-refractivity contribution < 1.29 is 9.21 Å². The minimum Gasteiger partial charge on any atom is -0.448 e. The van der Waals surface area contributed by atoms with Gasteiger partial charge in [-0.3, -0.25) is 4.79 Å². The highest BCUT2D eigenvalue weighted by Crippen LogP contribution is 2.32. The first-order valence-corrected chi connectivity index (χ1v) is 3.93. The first kappa shape index (κ1) is 7.19. The second-order valence-corrected chi connectivity index (χ2v) is 2.80. The van der Waals surface area contributed by atoms with Crippen LogP contribution in [0.3, 0.4) is 0 Å². The average molecular weight is 188 g/mol. The van der Waals surface area contributed by atoms with Gasteiger partial charge in [-0.1, -0.05) is 0 Å². The number of aromatic nitrogens is 3. The third-order valence-electron chi connectivity index (χ3n) is 1.92. The van der Waals surface area contributed by atoms with E-state index in [1.807, 2.05) is 0 Å². The lowest BCUT2D eigenvalue weighted by Gasteiger charge is -1.86. The molecule has 0 saturated heterocycles. The van der Waals surface area contributed by atoms with Gasteiger partial charge in [0.1, 0.15) is 11.4 Å². The molecule has 0 amide bonds. The minimum atomic E-state index is -0.213. The molecule has 0 atom stereocenters. The molecular formula is C8H4N4O2. The van der Waals surface area contributed by atoms with Crippen molar-refractivity contribution >= 4 is 17.7 Å². The lowest BCUT2D eigenvalue weighted by molar-refractivity contribution is 0.105. The fourth-order valence-electron chi connectivity index (χ4n) is 1.29. The van der Waals surface area contributed by atoms with E-state index >= 15 is 0 Å². The highest BCUT2D eigenvalue weighted by molar-refractivity contribution is 6.39. The number of nitrogens with one attached hydrogen (secondary N) is 1. The Morgan fingerprint density at radius 1 is 1.43 bits per heavy atom. The number of Topliss-reactive ketones (excluding diaryl/α,β-unsaturated/α-hetero) is 1. The van der Waals surface area contributed by atoms with Crippen LogP contribution in [-0.2, 0) is 0 Å². The number of ketones is 1. The van der Waals surface area contributed by atoms with Crippen LogP contribution in [0.25, 0.3) is 11.5 Å². The van der Waals surface area contributed by atoms with Crippen LogP contribution >= 0.6 is 0 Å². The maximum Gasteiger partial charge on any atom is 0.241 e. The second kappa shape index (κ2) is 2.38. The van der Waals surface area contributed by atoms with Crippen molar-refractivity contribution in [3.8, 4) is 11.5 Å². The lowest BCUT2D eigenvalue weighted by atomic mass is 10.3. The van der Waals surface area contributed by atoms with Gasteiger partial charge in [-0.2, -0.15) is 15.4 Å². The quantitative estimate of drug-likeness (QED) is 0.722. The number of carbonyl (C=O) groups is 1. The molecule has 0 radical (unpaired) electrons. The molecule has 14 heavy (non-hydrogen) atoms. The summed E-state index contributed by atoms with van der Waals surface area (Å²) in [5.41, 5.74) is 1.11. The van der Waals surface area contributed by atoms with E-state index in [2.05, 4.69) is 20.4 Å². The van der Waals surface area contributed by atoms with Gasteiger partial charge in [0.2, 0.25) is 11.5 Å². The molecule has 2 aromatic rings. The van der Waals surface area contributed by atoms with Crippen molar-refractivity contribution in [3.63, 3.8) is 0 Å². The van der Waals surface area contributed by atoms with Gasteiger partial charge in [0, 0.05) is 6.07 Å². The molecule has 0 spiro atoms. The largest absolute Gasteiger partial charge is 0.448 e. The van der Waals surface area contributed by atoms with Crippen LogP contribution in [-0.4, -0.2) is 27.4 Å². The maximum atomic E-state index is 11.2. The van der Waals surface area contributed by atoms with E-state index in [0.717, 1.165) is 0 Å². The van der Waals surface area contributed by atoms with E-state index < -0.39 is 0 Å². The molecule has 1 aliphatic rings. The number of H-pyrrole nitrogens is 1. The number of nitrogens with zero attached hydrogens (tertiary/aromatic N) is 3. The zero-order chi connectivity index (χ0) is 9.54. The zero-order valence-electron chi connectivity index (χ0n) is 6.89. The van der Waals surface area contributed by atoms with Crippen molar-refractivity contribution in [1.82, 2.24) is 15.4 Å². The molecule has 0 saturated carbocycles. The third kappa shape index (κ3) is 0.846. The Kier molecular flexibility index (Phi) is 1.22. The predicted octanol–water partition coefficient (Wildman–Crippen LogP) is 0.963. The van der Waals surface area contributed by atoms with E-state index in [1.165, 1.54) is 12.4 Å². The summed E-state index contributed by atoms with van der Waals surface area (Å²) in [5.74, 6) is 0.548. The molecule has 3 rings (SSSR count). The lowest BCUT2D eigenvalue weighted by Crippen LogP contribution is -1.91. The Morgan fingerprint density at radius 3 is 3.07 bits per heavy atom. The molecule has 6 heteroatoms. The van der Waals surface area contributed by atoms with Gasteiger partial charge in [-0.25, -0.2) is 4.99 Å². The Balaban J connectivity index is 2.16. The normalized spacial score (nSPS) is 13.6. The van der Waals surface area contributed by atoms with Crippen molar-refractivity contribution in [2.45, 2.75) is 0 Å². The number of aliphatic imine (C=N–C) groups is 1. The fraction of sp³-hybridized carbons (Fsp3) is 0. The molecule has 1 N–H and O–H groups in total. The van der Waals surface area contributed by atoms with Crippen LogP contribution < -0.4 is 0 Å². The van der Waals surface area contributed by atoms with Crippen LogP contribution in [0.15, 0.2) is 21.7 Å². The van der Waals surface area contributed by atoms with Gasteiger partial charge in [-0.05, 0) is 0 Å². The maximum absolute atomic E-state index is 11.2. The molecular weight excluding hydrogens is 184 g/mol. The minimum absolute atomic E-state index is 0.213. The van der Waals surface area contributed by atoms with Gasteiger partial charge < -0.3 is 4.42 Å². The Hall–Kier alpha value is -2.24. The molecule has 1 aliphatic heterocycles. The van der Waals surface area contributed by atoms with Crippen molar-refractivity contribution in [2.75, 3.05) is 0 Å². The van der Waals surface area contributed by atoms with Gasteiger partial charge >= 0.3 is 0 Å². The Morgan fingerprint density at radius 2 is 2.36 bits per heavy atom. The predicted molar refractivity (Wildman–Crippen MR) is 46.6 cm³/mol. The fourth-order valence-corrected chi connectivity index (χ4v) is 1.29. The molecule has 68 valence electrons. The summed E-state index contributed by atoms with van der Waals surface area (Å²) in [6, 6.07) is 1.66. The molecule has 0 aromatic carbocycles. The number of rotatable bonds is 1. The summed E-state index contributed by atoms with van der Waals surface area (Å²) in [5, 5.41) is 9.93. The number of aromatic amines is 1. The molecule has 0 bridgehead atoms. The number of hydrogen-bond donors (Lipinski definition) is 1. The molecule has 0 unspecified atom stereocenters. The van der Waals surface area contributed by atoms with E-state index in [4.69, 9.17) is 4.42 Å². The Bertz CT molecular complexity index is 524. The van der Waals surface area contributed by atoms with Crippen LogP contribution in [0.5, 0.6) is 0 Å². The summed E-state index contributed by atoms with van der Waals surface area (Å²) >= 11 is 0. The van der Waals surface area contributed by atoms with Gasteiger partial charge in [0.05, 0.1) is 12.4 Å². The zero-order valence-corrected chi connectivity index (χ0v) is 6.89. The smallest absolute Gasteiger partial charge is 0.241 e. The van der Waals surface area contributed by atoms with Crippen molar-refractivity contribution in [3.05, 3.63) is 18.0 Å². The molecule has 6 nitrogen and oxygen atoms in total. The van der Waals surface area contributed by atoms with Gasteiger partial charge in [0.25, 0.3) is 0 Å². The summed E-state index contributed by atoms with van der Waals surface area (Å²) in [7, 11) is 0. The number of carbonyl (C=O) groups excluding carboxylic acids is 1. The topological polar surface area (TPSA) is 84.1 Å². The summed E-state index contributed by atoms with van der Waals surface area (Å²) < 4.78 is 5.29. The summed E-state index contributed by atoms with van der Waals surface area (Å²) in [4.78, 5) is 15.0. The van der Waals surface area contributed by atoms with E-state index in [9.17, 15) is 4.79 Å². The van der Waals surface area contributed by atoms with E-state index in [-0.39, 0.29) is 11.5 Å². The first-order chi connectivity index (χ1) is 6.84. The highest BCUT2D eigenvalue weighted by Gasteiger charge is 2.22. The average Bonchev–Trinajstić information content (AvgIpc) is 2.83. The summed E-state index contributed by atoms with van der Waals surface area (Å²) in [6.45, 7) is 0. The molecule has 0 aliphatic carbocycles. The molecule has 3 heterocycles. The van der Waals surface area contributed by atoms with Crippen LogP contribution in [0.4, 0.5) is 5.69 Å². The van der Waals surface area contributed by atoms with Gasteiger partial charge in [0.15, 0.2) is 5.76 Å². The second-order valence-electron chi connectivity index (χ2n) is 2.80. The summed E-state index contributed by atoms with van der Waals surface area (Å²) in [6.07, 6.45) is 2.75. The van der Waals surface area contributed by atoms with Crippen molar-refractivity contribution in [2.24, 2.45) is 4.99 Å². The number of furan rings is 1. The van der Waals surface area contributed by atoms with E-state index in [0.29, 0.717) is 17.1 Å². The SMILES string of the molecule is O=C1C=Nc2cc(-c3cn[nH]n3)oc21. The van der Waals surface area contributed by atoms with Gasteiger partial charge in [-0.15, -0.1) is 0 Å². The first-order valence-electron chi connectivity index (χ1n) is 3.93. The standard InChI is InChI=1S/C8H4N4O2/c13-6-3-9-4-1-7(14-8(4)6)5-2-10-12-11-5/h1-3H,(H,10,11,12). The third-order valence-corrected chi connectivity index (χ3v) is 1.92. The number of fused-ring (bicyclic) bond motifs is 1. The number of hydrogen-bond acceptors (Lipinski definition) is 5. The van der Waals surface area contributed by atoms with Crippen LogP contribution in [0.2, 0.25) is 0 Å². The van der Waals surface area contributed by atoms with Crippen LogP contribution in [0, 0.1) is 0 Å². The highest BCUT2D eigenvalue weighted by atomic mass is 16.4. The van der Waals surface area contributed by atoms with E-state index in [1.54, 1.807) is 6.07 Å². The Labute approximate surface area is 77.6 Å². The van der Waals surface area contributed by atoms with Crippen LogP contribution in [0.1, 0.15) is 10.6 Å². The molecule has 2 aromatic heterocycles. The monoisotopic (exact) mass is 188 g/mol. The molecule has 0 fully saturated rings.